The number of allylic oxidation sites excluding steroid dienone is 3. The number of hydrogen-bond donors (Lipinski definition) is 1. The number of hydrogen-bond acceptors (Lipinski definition) is 6. The van der Waals surface area contributed by atoms with E-state index in [-0.39, 0.29) is 17.1 Å². The van der Waals surface area contributed by atoms with Crippen LogP contribution >= 0.6 is 23.5 Å². The van der Waals surface area contributed by atoms with Crippen molar-refractivity contribution in [2.75, 3.05) is 18.2 Å². The minimum Gasteiger partial charge on any atom is -0.494 e. The number of ether oxygens (including phenoxy) is 2. The Hall–Kier alpha value is -2.12. The standard InChI is InChI=1S/C27H39NO4S2/c1-8-24(27(5,6)7)32-21(4)18-33-25(9-2)34-19-28-26(30)22-13-15-23(16-14-22)31-17-11-10-12-20(3)29/h8-9,13-16H,4,10-12,17-19H2,1-3,5-7H3,(H,28,30)/b24-8-,25-9-. The monoisotopic (exact) mass is 505 g/mol. The average molecular weight is 506 g/mol. The topological polar surface area (TPSA) is 64.6 Å². The molecule has 0 spiro atoms. The molecule has 1 rings (SSSR count). The Labute approximate surface area is 213 Å². The molecule has 1 N–H and O–H groups in total. The number of carbonyl (C=O) groups is 2. The summed E-state index contributed by atoms with van der Waals surface area (Å²) >= 11 is 3.21. The molecule has 0 aliphatic heterocycles. The number of amides is 1. The van der Waals surface area contributed by atoms with E-state index in [1.165, 1.54) is 0 Å². The second-order valence-corrected chi connectivity index (χ2v) is 11.1. The molecule has 0 bridgehead atoms. The van der Waals surface area contributed by atoms with E-state index < -0.39 is 0 Å². The molecule has 1 amide bonds. The van der Waals surface area contributed by atoms with Crippen molar-refractivity contribution in [3.8, 4) is 5.75 Å². The van der Waals surface area contributed by atoms with Gasteiger partial charge in [-0.25, -0.2) is 0 Å². The van der Waals surface area contributed by atoms with Crippen LogP contribution in [0.3, 0.4) is 0 Å². The van der Waals surface area contributed by atoms with E-state index in [4.69, 9.17) is 9.47 Å². The summed E-state index contributed by atoms with van der Waals surface area (Å²) in [4.78, 5) is 23.4. The third-order valence-electron chi connectivity index (χ3n) is 4.62. The van der Waals surface area contributed by atoms with Crippen LogP contribution in [-0.2, 0) is 9.53 Å². The maximum absolute atomic E-state index is 12.4. The van der Waals surface area contributed by atoms with Crippen molar-refractivity contribution in [1.82, 2.24) is 5.32 Å². The molecule has 1 aromatic rings. The van der Waals surface area contributed by atoms with Crippen molar-refractivity contribution in [2.45, 2.75) is 60.8 Å². The molecule has 34 heavy (non-hydrogen) atoms. The zero-order valence-electron chi connectivity index (χ0n) is 21.4. The van der Waals surface area contributed by atoms with Crippen LogP contribution in [0.15, 0.2) is 58.8 Å². The van der Waals surface area contributed by atoms with Gasteiger partial charge in [-0.15, -0.1) is 11.8 Å². The van der Waals surface area contributed by atoms with E-state index in [0.717, 1.165) is 28.6 Å². The molecule has 0 aliphatic carbocycles. The highest BCUT2D eigenvalue weighted by Gasteiger charge is 2.19. The van der Waals surface area contributed by atoms with Crippen molar-refractivity contribution in [2.24, 2.45) is 5.41 Å². The summed E-state index contributed by atoms with van der Waals surface area (Å²) in [5, 5.41) is 2.94. The van der Waals surface area contributed by atoms with Crippen LogP contribution in [0.4, 0.5) is 0 Å². The van der Waals surface area contributed by atoms with Gasteiger partial charge in [0, 0.05) is 21.6 Å². The Morgan fingerprint density at radius 1 is 1.06 bits per heavy atom. The smallest absolute Gasteiger partial charge is 0.251 e. The number of thioether (sulfide) groups is 2. The fourth-order valence-electron chi connectivity index (χ4n) is 2.83. The number of ketones is 1. The van der Waals surface area contributed by atoms with E-state index in [2.05, 4.69) is 32.7 Å². The van der Waals surface area contributed by atoms with Gasteiger partial charge in [0.2, 0.25) is 0 Å². The molecule has 0 heterocycles. The zero-order valence-corrected chi connectivity index (χ0v) is 23.0. The predicted octanol–water partition coefficient (Wildman–Crippen LogP) is 7.32. The minimum atomic E-state index is -0.128. The summed E-state index contributed by atoms with van der Waals surface area (Å²) in [6.45, 7) is 16.5. The van der Waals surface area contributed by atoms with Gasteiger partial charge in [0.1, 0.15) is 23.1 Å². The van der Waals surface area contributed by atoms with Gasteiger partial charge in [-0.3, -0.25) is 4.79 Å². The van der Waals surface area contributed by atoms with E-state index >= 15 is 0 Å². The molecule has 0 fully saturated rings. The first-order chi connectivity index (χ1) is 16.1. The van der Waals surface area contributed by atoms with Crippen LogP contribution in [0.2, 0.25) is 0 Å². The van der Waals surface area contributed by atoms with Crippen molar-refractivity contribution < 1.29 is 19.1 Å². The summed E-state index contributed by atoms with van der Waals surface area (Å²) in [6, 6.07) is 7.10. The molecular weight excluding hydrogens is 466 g/mol. The van der Waals surface area contributed by atoms with Gasteiger partial charge in [-0.1, -0.05) is 45.2 Å². The second-order valence-electron chi connectivity index (χ2n) is 8.77. The molecule has 1 aromatic carbocycles. The first-order valence-electron chi connectivity index (χ1n) is 11.5. The lowest BCUT2D eigenvalue weighted by atomic mass is 9.93. The molecule has 7 heteroatoms. The van der Waals surface area contributed by atoms with Crippen LogP contribution in [0.5, 0.6) is 5.75 Å². The maximum atomic E-state index is 12.4. The normalized spacial score (nSPS) is 12.3. The number of nitrogens with one attached hydrogen (secondary N) is 1. The van der Waals surface area contributed by atoms with Crippen molar-refractivity contribution in [1.29, 1.82) is 0 Å². The van der Waals surface area contributed by atoms with Crippen molar-refractivity contribution in [3.63, 3.8) is 0 Å². The van der Waals surface area contributed by atoms with Gasteiger partial charge in [0.05, 0.1) is 18.2 Å². The lowest BCUT2D eigenvalue weighted by molar-refractivity contribution is -0.117. The molecule has 5 nitrogen and oxygen atoms in total. The Balaban J connectivity index is 2.37. The highest BCUT2D eigenvalue weighted by molar-refractivity contribution is 8.22. The molecule has 188 valence electrons. The molecule has 0 atom stereocenters. The van der Waals surface area contributed by atoms with Gasteiger partial charge >= 0.3 is 0 Å². The van der Waals surface area contributed by atoms with E-state index in [9.17, 15) is 9.59 Å². The quantitative estimate of drug-likeness (QED) is 0.153. The SMILES string of the molecule is C=C(CS/C(=C/C)SCNC(=O)c1ccc(OCCCCC(C)=O)cc1)O/C(=C\C)C(C)(C)C. The molecule has 0 saturated heterocycles. The third kappa shape index (κ3) is 12.4. The molecule has 0 saturated carbocycles. The number of carbonyl (C=O) groups excluding carboxylic acids is 2. The number of benzene rings is 1. The summed E-state index contributed by atoms with van der Waals surface area (Å²) in [5.41, 5.74) is 0.521. The van der Waals surface area contributed by atoms with Gasteiger partial charge in [-0.05, 0) is 64.0 Å². The fraction of sp³-hybridized carbons (Fsp3) is 0.481. The van der Waals surface area contributed by atoms with E-state index in [0.29, 0.717) is 36.0 Å². The molecule has 0 radical (unpaired) electrons. The first kappa shape index (κ1) is 29.9. The van der Waals surface area contributed by atoms with Crippen LogP contribution in [-0.4, -0.2) is 29.9 Å². The van der Waals surface area contributed by atoms with Crippen LogP contribution < -0.4 is 10.1 Å². The largest absolute Gasteiger partial charge is 0.494 e. The van der Waals surface area contributed by atoms with Gasteiger partial charge < -0.3 is 19.6 Å². The predicted molar refractivity (Wildman–Crippen MR) is 146 cm³/mol. The van der Waals surface area contributed by atoms with Crippen molar-refractivity contribution in [3.05, 3.63) is 64.3 Å². The van der Waals surface area contributed by atoms with Crippen molar-refractivity contribution >= 4 is 35.2 Å². The summed E-state index contributed by atoms with van der Waals surface area (Å²) in [6.07, 6.45) is 6.25. The lowest BCUT2D eigenvalue weighted by Crippen LogP contribution is -2.22. The second kappa shape index (κ2) is 15.7. The summed E-state index contributed by atoms with van der Waals surface area (Å²) in [7, 11) is 0. The van der Waals surface area contributed by atoms with Crippen LogP contribution in [0.25, 0.3) is 0 Å². The van der Waals surface area contributed by atoms with Gasteiger partial charge in [0.25, 0.3) is 5.91 Å². The highest BCUT2D eigenvalue weighted by Crippen LogP contribution is 2.32. The van der Waals surface area contributed by atoms with E-state index in [1.54, 1.807) is 54.7 Å². The summed E-state index contributed by atoms with van der Waals surface area (Å²) < 4.78 is 12.7. The zero-order chi connectivity index (χ0) is 25.6. The van der Waals surface area contributed by atoms with Crippen LogP contribution in [0, 0.1) is 5.41 Å². The molecular formula is C27H39NO4S2. The molecule has 0 aromatic heterocycles. The Bertz CT molecular complexity index is 868. The number of rotatable bonds is 15. The molecule has 0 aliphatic rings. The van der Waals surface area contributed by atoms with Gasteiger partial charge in [0.15, 0.2) is 0 Å². The Kier molecular flexibility index (Phi) is 13.8. The third-order valence-corrected chi connectivity index (χ3v) is 7.12. The minimum absolute atomic E-state index is 0.0641. The van der Waals surface area contributed by atoms with Gasteiger partial charge in [-0.2, -0.15) is 0 Å². The molecule has 0 unspecified atom stereocenters. The first-order valence-corrected chi connectivity index (χ1v) is 13.5. The van der Waals surface area contributed by atoms with E-state index in [1.807, 2.05) is 26.0 Å². The number of unbranched alkanes of at least 4 members (excludes halogenated alkanes) is 1. The maximum Gasteiger partial charge on any atom is 0.251 e. The Morgan fingerprint density at radius 2 is 1.74 bits per heavy atom. The lowest BCUT2D eigenvalue weighted by Gasteiger charge is -2.23. The Morgan fingerprint density at radius 3 is 2.29 bits per heavy atom. The van der Waals surface area contributed by atoms with Crippen LogP contribution in [0.1, 0.15) is 71.2 Å². The summed E-state index contributed by atoms with van der Waals surface area (Å²) in [5.74, 6) is 3.52. The average Bonchev–Trinajstić information content (AvgIpc) is 2.78. The highest BCUT2D eigenvalue weighted by atomic mass is 32.2. The number of Topliss-reactive ketones (excluding diaryl/α,β-unsaturated/α-hetero) is 1. The fourth-order valence-corrected chi connectivity index (χ4v) is 4.56.